The molecule has 39 heavy (non-hydrogen) atoms. The highest BCUT2D eigenvalue weighted by Crippen LogP contribution is 2.36. The fraction of sp³-hybridized carbons (Fsp3) is 0.214. The van der Waals surface area contributed by atoms with E-state index in [-0.39, 0.29) is 24.6 Å². The minimum Gasteiger partial charge on any atom is -0.493 e. The Morgan fingerprint density at radius 1 is 1.08 bits per heavy atom. The molecule has 4 aromatic rings. The van der Waals surface area contributed by atoms with Crippen LogP contribution in [0.2, 0.25) is 0 Å². The molecule has 0 radical (unpaired) electrons. The lowest BCUT2D eigenvalue weighted by atomic mass is 9.92. The number of anilines is 1. The average Bonchev–Trinajstić information content (AvgIpc) is 3.23. The van der Waals surface area contributed by atoms with Crippen molar-refractivity contribution in [3.63, 3.8) is 0 Å². The number of aliphatic hydroxyl groups is 2. The van der Waals surface area contributed by atoms with Gasteiger partial charge in [-0.3, -0.25) is 4.79 Å². The van der Waals surface area contributed by atoms with E-state index in [2.05, 4.69) is 10.3 Å². The number of aromatic nitrogens is 2. The number of H-pyrrole nitrogens is 1. The maximum absolute atomic E-state index is 14.6. The number of aromatic hydroxyl groups is 1. The summed E-state index contributed by atoms with van der Waals surface area (Å²) in [5.74, 6) is -2.00. The molecule has 0 saturated heterocycles. The van der Waals surface area contributed by atoms with Gasteiger partial charge in [0, 0.05) is 15.1 Å². The first-order valence-electron chi connectivity index (χ1n) is 12.1. The van der Waals surface area contributed by atoms with Gasteiger partial charge in [-0.1, -0.05) is 37.3 Å². The van der Waals surface area contributed by atoms with Gasteiger partial charge in [0.05, 0.1) is 18.9 Å². The molecule has 0 spiro atoms. The second-order valence-corrected chi connectivity index (χ2v) is 10.1. The molecule has 0 saturated carbocycles. The SMILES string of the molecule is C[C@@H](c1ccccc1)[C@@H](C(=O)Nc1ccc(I)cc1F)n1c(O)c(-c2ccc(OC(CO)CO)cc2)[nH]c1=O. The molecule has 0 aliphatic carbocycles. The number of ether oxygens (including phenoxy) is 1. The molecule has 1 amide bonds. The highest BCUT2D eigenvalue weighted by Gasteiger charge is 2.33. The van der Waals surface area contributed by atoms with E-state index < -0.39 is 41.4 Å². The van der Waals surface area contributed by atoms with Crippen molar-refractivity contribution in [1.82, 2.24) is 9.55 Å². The van der Waals surface area contributed by atoms with Crippen molar-refractivity contribution in [2.75, 3.05) is 18.5 Å². The minimum atomic E-state index is -1.24. The van der Waals surface area contributed by atoms with Crippen LogP contribution in [0.15, 0.2) is 77.6 Å². The Kier molecular flexibility index (Phi) is 9.04. The van der Waals surface area contributed by atoms with Crippen molar-refractivity contribution in [3.05, 3.63) is 98.2 Å². The second kappa shape index (κ2) is 12.5. The lowest BCUT2D eigenvalue weighted by Gasteiger charge is -2.25. The van der Waals surface area contributed by atoms with E-state index in [0.29, 0.717) is 14.9 Å². The van der Waals surface area contributed by atoms with Crippen LogP contribution in [0, 0.1) is 9.39 Å². The number of carbonyl (C=O) groups excluding carboxylic acids is 1. The minimum absolute atomic E-state index is 0.0476. The Morgan fingerprint density at radius 3 is 2.36 bits per heavy atom. The van der Waals surface area contributed by atoms with E-state index >= 15 is 0 Å². The molecule has 0 unspecified atom stereocenters. The Balaban J connectivity index is 1.73. The molecule has 3 aromatic carbocycles. The van der Waals surface area contributed by atoms with Crippen LogP contribution < -0.4 is 15.7 Å². The van der Waals surface area contributed by atoms with Crippen LogP contribution in [-0.2, 0) is 4.79 Å². The van der Waals surface area contributed by atoms with Gasteiger partial charge in [-0.25, -0.2) is 13.8 Å². The number of halogens is 2. The van der Waals surface area contributed by atoms with Crippen LogP contribution in [0.1, 0.15) is 24.4 Å². The molecule has 0 aliphatic rings. The van der Waals surface area contributed by atoms with Crippen molar-refractivity contribution in [1.29, 1.82) is 0 Å². The van der Waals surface area contributed by atoms with Crippen LogP contribution in [0.3, 0.4) is 0 Å². The van der Waals surface area contributed by atoms with Gasteiger partial charge in [-0.15, -0.1) is 0 Å². The molecule has 9 nitrogen and oxygen atoms in total. The highest BCUT2D eigenvalue weighted by molar-refractivity contribution is 14.1. The molecule has 0 fully saturated rings. The summed E-state index contributed by atoms with van der Waals surface area (Å²) in [6, 6.07) is 18.4. The van der Waals surface area contributed by atoms with Gasteiger partial charge in [-0.2, -0.15) is 0 Å². The first kappa shape index (κ1) is 28.3. The maximum atomic E-state index is 14.6. The summed E-state index contributed by atoms with van der Waals surface area (Å²) >= 11 is 1.96. The van der Waals surface area contributed by atoms with Gasteiger partial charge in [-0.05, 0) is 70.6 Å². The topological polar surface area (TPSA) is 137 Å². The average molecular weight is 647 g/mol. The molecule has 5 N–H and O–H groups in total. The molecule has 4 rings (SSSR count). The van der Waals surface area contributed by atoms with Gasteiger partial charge in [0.25, 0.3) is 0 Å². The van der Waals surface area contributed by atoms with Crippen molar-refractivity contribution < 1.29 is 29.2 Å². The number of benzene rings is 3. The maximum Gasteiger partial charge on any atom is 0.329 e. The number of carbonyl (C=O) groups is 1. The summed E-state index contributed by atoms with van der Waals surface area (Å²) in [6.45, 7) is 1.00. The van der Waals surface area contributed by atoms with Gasteiger partial charge in [0.15, 0.2) is 0 Å². The van der Waals surface area contributed by atoms with Gasteiger partial charge in [0.2, 0.25) is 11.8 Å². The summed E-state index contributed by atoms with van der Waals surface area (Å²) in [7, 11) is 0. The van der Waals surface area contributed by atoms with Gasteiger partial charge >= 0.3 is 5.69 Å². The second-order valence-electron chi connectivity index (χ2n) is 8.89. The summed E-state index contributed by atoms with van der Waals surface area (Å²) in [6.07, 6.45) is -0.790. The Hall–Kier alpha value is -3.68. The largest absolute Gasteiger partial charge is 0.493 e. The lowest BCUT2D eigenvalue weighted by molar-refractivity contribution is -0.120. The molecule has 0 bridgehead atoms. The normalized spacial score (nSPS) is 12.8. The molecule has 1 aromatic heterocycles. The van der Waals surface area contributed by atoms with E-state index in [1.54, 1.807) is 61.5 Å². The zero-order chi connectivity index (χ0) is 28.1. The number of aliphatic hydroxyl groups excluding tert-OH is 2. The molecular weight excluding hydrogens is 620 g/mol. The fourth-order valence-electron chi connectivity index (χ4n) is 4.23. The zero-order valence-corrected chi connectivity index (χ0v) is 23.0. The van der Waals surface area contributed by atoms with Crippen molar-refractivity contribution in [3.8, 4) is 22.9 Å². The number of nitrogens with one attached hydrogen (secondary N) is 2. The molecule has 2 atom stereocenters. The predicted molar refractivity (Wildman–Crippen MR) is 152 cm³/mol. The van der Waals surface area contributed by atoms with Crippen LogP contribution in [0.25, 0.3) is 11.3 Å². The van der Waals surface area contributed by atoms with E-state index in [1.807, 2.05) is 28.7 Å². The van der Waals surface area contributed by atoms with Crippen LogP contribution in [-0.4, -0.2) is 50.1 Å². The number of hydrogen-bond acceptors (Lipinski definition) is 6. The van der Waals surface area contributed by atoms with E-state index in [4.69, 9.17) is 4.74 Å². The van der Waals surface area contributed by atoms with Crippen molar-refractivity contribution in [2.24, 2.45) is 0 Å². The third-order valence-corrected chi connectivity index (χ3v) is 6.96. The standard InChI is InChI=1S/C28H27FIN3O6/c1-16(17-5-3-2-4-6-17)25(26(36)31-23-12-9-19(30)13-22(23)29)33-27(37)24(32-28(33)38)18-7-10-20(11-8-18)39-21(14-34)15-35/h2-13,16,21,25,34-35,37H,14-15H2,1H3,(H,31,36)(H,32,38)/t16-,25-/m0/s1. The van der Waals surface area contributed by atoms with Gasteiger partial charge < -0.3 is 30.4 Å². The Morgan fingerprint density at radius 2 is 1.74 bits per heavy atom. The number of aromatic amines is 1. The van der Waals surface area contributed by atoms with Crippen LogP contribution >= 0.6 is 22.6 Å². The third-order valence-electron chi connectivity index (χ3n) is 6.29. The van der Waals surface area contributed by atoms with Crippen molar-refractivity contribution in [2.45, 2.75) is 25.0 Å². The molecule has 11 heteroatoms. The predicted octanol–water partition coefficient (Wildman–Crippen LogP) is 4.01. The summed E-state index contributed by atoms with van der Waals surface area (Å²) in [5, 5.41) is 32.2. The molecule has 1 heterocycles. The zero-order valence-electron chi connectivity index (χ0n) is 20.8. The summed E-state index contributed by atoms with van der Waals surface area (Å²) in [5.41, 5.74) is 0.461. The number of imidazole rings is 1. The smallest absolute Gasteiger partial charge is 0.329 e. The first-order valence-corrected chi connectivity index (χ1v) is 13.1. The number of rotatable bonds is 10. The third kappa shape index (κ3) is 6.32. The number of nitrogens with zero attached hydrogens (tertiary/aromatic N) is 1. The summed E-state index contributed by atoms with van der Waals surface area (Å²) < 4.78 is 21.6. The Labute approximate surface area is 237 Å². The van der Waals surface area contributed by atoms with E-state index in [9.17, 15) is 29.3 Å². The van der Waals surface area contributed by atoms with E-state index in [0.717, 1.165) is 10.1 Å². The molecular formula is C28H27FIN3O6. The lowest BCUT2D eigenvalue weighted by Crippen LogP contribution is -2.35. The number of amides is 1. The first-order chi connectivity index (χ1) is 18.7. The highest BCUT2D eigenvalue weighted by atomic mass is 127. The van der Waals surface area contributed by atoms with Crippen LogP contribution in [0.5, 0.6) is 11.6 Å². The fourth-order valence-corrected chi connectivity index (χ4v) is 4.68. The summed E-state index contributed by atoms with van der Waals surface area (Å²) in [4.78, 5) is 29.4. The van der Waals surface area contributed by atoms with Gasteiger partial charge in [0.1, 0.15) is 29.4 Å². The monoisotopic (exact) mass is 647 g/mol. The quantitative estimate of drug-likeness (QED) is 0.165. The number of hydrogen-bond donors (Lipinski definition) is 5. The van der Waals surface area contributed by atoms with Crippen LogP contribution in [0.4, 0.5) is 10.1 Å². The molecule has 0 aliphatic heterocycles. The Bertz CT molecular complexity index is 1490. The van der Waals surface area contributed by atoms with Crippen molar-refractivity contribution >= 4 is 34.2 Å². The molecule has 204 valence electrons. The van der Waals surface area contributed by atoms with E-state index in [1.165, 1.54) is 12.1 Å².